The smallest absolute Gasteiger partial charge is 0.254 e. The zero-order valence-corrected chi connectivity index (χ0v) is 21.4. The predicted molar refractivity (Wildman–Crippen MR) is 143 cm³/mol. The number of hydrogen-bond donors (Lipinski definition) is 1. The highest BCUT2D eigenvalue weighted by molar-refractivity contribution is 5.97. The van der Waals surface area contributed by atoms with Crippen molar-refractivity contribution in [2.75, 3.05) is 13.7 Å². The molecule has 1 amide bonds. The predicted octanol–water partition coefficient (Wildman–Crippen LogP) is 6.68. The summed E-state index contributed by atoms with van der Waals surface area (Å²) in [6.45, 7) is 23.1. The number of aryl methyl sites for hydroxylation is 1. The van der Waals surface area contributed by atoms with Crippen molar-refractivity contribution < 1.29 is 14.7 Å². The van der Waals surface area contributed by atoms with Gasteiger partial charge < -0.3 is 14.8 Å². The fourth-order valence-corrected chi connectivity index (χ4v) is 2.94. The van der Waals surface area contributed by atoms with Gasteiger partial charge in [0.2, 0.25) is 0 Å². The molecule has 1 N–H and O–H groups in total. The first-order valence-corrected chi connectivity index (χ1v) is 11.2. The third kappa shape index (κ3) is 12.6. The third-order valence-electron chi connectivity index (χ3n) is 4.51. The van der Waals surface area contributed by atoms with Gasteiger partial charge in [-0.05, 0) is 47.9 Å². The average Bonchev–Trinajstić information content (AvgIpc) is 2.81. The second-order valence-electron chi connectivity index (χ2n) is 8.35. The van der Waals surface area contributed by atoms with Gasteiger partial charge in [0, 0.05) is 25.8 Å². The summed E-state index contributed by atoms with van der Waals surface area (Å²) in [7, 11) is 1.82. The molecule has 2 aromatic carbocycles. The van der Waals surface area contributed by atoms with E-state index in [1.807, 2.05) is 51.1 Å². The molecule has 182 valence electrons. The number of carbonyl (C=O) groups is 2. The second-order valence-corrected chi connectivity index (χ2v) is 8.35. The summed E-state index contributed by atoms with van der Waals surface area (Å²) in [4.78, 5) is 22.6. The van der Waals surface area contributed by atoms with Gasteiger partial charge in [-0.2, -0.15) is 0 Å². The van der Waals surface area contributed by atoms with E-state index >= 15 is 0 Å². The Morgan fingerprint density at radius 2 is 1.64 bits per heavy atom. The lowest BCUT2D eigenvalue weighted by Gasteiger charge is -2.20. The number of amides is 1. The Labute approximate surface area is 201 Å². The average molecular weight is 454 g/mol. The largest absolute Gasteiger partial charge is 0.396 e. The van der Waals surface area contributed by atoms with Crippen molar-refractivity contribution in [3.8, 4) is 0 Å². The van der Waals surface area contributed by atoms with Crippen molar-refractivity contribution in [1.82, 2.24) is 4.90 Å². The van der Waals surface area contributed by atoms with E-state index in [9.17, 15) is 4.79 Å². The van der Waals surface area contributed by atoms with Crippen LogP contribution in [0.15, 0.2) is 62.2 Å². The maximum Gasteiger partial charge on any atom is 0.254 e. The highest BCUT2D eigenvalue weighted by atomic mass is 16.3. The molecule has 0 spiro atoms. The van der Waals surface area contributed by atoms with Gasteiger partial charge in [-0.1, -0.05) is 82.3 Å². The summed E-state index contributed by atoms with van der Waals surface area (Å²) < 4.78 is 0. The van der Waals surface area contributed by atoms with Crippen LogP contribution in [-0.2, 0) is 11.3 Å². The van der Waals surface area contributed by atoms with E-state index in [2.05, 4.69) is 59.6 Å². The molecule has 4 heteroatoms. The van der Waals surface area contributed by atoms with Crippen molar-refractivity contribution in [2.24, 2.45) is 5.92 Å². The quantitative estimate of drug-likeness (QED) is 0.476. The van der Waals surface area contributed by atoms with E-state index in [0.717, 1.165) is 29.0 Å². The molecule has 0 aliphatic rings. The molecule has 0 heterocycles. The van der Waals surface area contributed by atoms with Crippen LogP contribution in [0.3, 0.4) is 0 Å². The molecule has 0 bridgehead atoms. The summed E-state index contributed by atoms with van der Waals surface area (Å²) in [6, 6.07) is 14.1. The minimum Gasteiger partial charge on any atom is -0.396 e. The Hall–Kier alpha value is -2.98. The molecule has 0 fully saturated rings. The Kier molecular flexibility index (Phi) is 18.1. The Bertz CT molecular complexity index is 825. The molecule has 0 saturated carbocycles. The number of aliphatic hydroxyl groups is 1. The van der Waals surface area contributed by atoms with Crippen LogP contribution in [0.25, 0.3) is 6.08 Å². The summed E-state index contributed by atoms with van der Waals surface area (Å²) in [5.74, 6) is 1.13. The van der Waals surface area contributed by atoms with E-state index in [0.29, 0.717) is 18.0 Å². The molecule has 1 unspecified atom stereocenters. The minimum absolute atomic E-state index is 0.00703. The maximum atomic E-state index is 12.8. The van der Waals surface area contributed by atoms with Crippen LogP contribution >= 0.6 is 0 Å². The van der Waals surface area contributed by atoms with Crippen LogP contribution in [0.4, 0.5) is 0 Å². The SMILES string of the molecule is C=C.C=Cc1ccc(C)cc1C(=O)N(C)Cc1cccc(C(C)CCO)c1.C=O.CC(C)C. The first-order valence-electron chi connectivity index (χ1n) is 11.2. The number of rotatable bonds is 7. The van der Waals surface area contributed by atoms with E-state index in [1.165, 1.54) is 5.56 Å². The number of nitrogens with zero attached hydrogens (tertiary/aromatic N) is 1. The summed E-state index contributed by atoms with van der Waals surface area (Å²) in [5, 5.41) is 9.12. The van der Waals surface area contributed by atoms with Crippen LogP contribution in [-0.4, -0.2) is 36.4 Å². The fourth-order valence-electron chi connectivity index (χ4n) is 2.94. The summed E-state index contributed by atoms with van der Waals surface area (Å²) in [6.07, 6.45) is 2.46. The Morgan fingerprint density at radius 3 is 2.15 bits per heavy atom. The number of carbonyl (C=O) groups excluding carboxylic acids is 2. The standard InChI is InChI=1S/C22H27NO2.C4H10.C2H4.CH2O/c1-5-19-10-9-16(2)13-21(19)22(25)23(4)15-18-7-6-8-20(14-18)17(3)11-12-24;1-4(2)3;2*1-2/h5-10,13-14,17,24H,1,11-12,15H2,2-4H3;4H,1-3H3;1-2H2;1H2. The van der Waals surface area contributed by atoms with Crippen LogP contribution in [0.1, 0.15) is 72.6 Å². The molecule has 2 rings (SSSR count). The highest BCUT2D eigenvalue weighted by Gasteiger charge is 2.16. The van der Waals surface area contributed by atoms with Crippen LogP contribution in [0.2, 0.25) is 0 Å². The van der Waals surface area contributed by atoms with E-state index in [4.69, 9.17) is 9.90 Å². The lowest BCUT2D eigenvalue weighted by Crippen LogP contribution is -2.27. The molecule has 2 aromatic rings. The first kappa shape index (κ1) is 32.2. The van der Waals surface area contributed by atoms with Crippen LogP contribution < -0.4 is 0 Å². The van der Waals surface area contributed by atoms with Gasteiger partial charge in [-0.3, -0.25) is 4.79 Å². The second kappa shape index (κ2) is 18.6. The molecule has 0 saturated heterocycles. The molecular formula is C29H43NO3. The topological polar surface area (TPSA) is 57.6 Å². The fraction of sp³-hybridized carbons (Fsp3) is 0.379. The van der Waals surface area contributed by atoms with Crippen molar-refractivity contribution in [3.05, 3.63) is 90.0 Å². The molecule has 0 aliphatic heterocycles. The van der Waals surface area contributed by atoms with Gasteiger partial charge in [0.25, 0.3) is 5.91 Å². The van der Waals surface area contributed by atoms with Crippen LogP contribution in [0, 0.1) is 12.8 Å². The number of hydrogen-bond acceptors (Lipinski definition) is 3. The minimum atomic E-state index is -0.00703. The molecule has 0 aliphatic carbocycles. The molecule has 1 atom stereocenters. The lowest BCUT2D eigenvalue weighted by molar-refractivity contribution is -0.0980. The van der Waals surface area contributed by atoms with Gasteiger partial charge in [0.05, 0.1) is 0 Å². The van der Waals surface area contributed by atoms with Crippen LogP contribution in [0.5, 0.6) is 0 Å². The molecule has 0 radical (unpaired) electrons. The van der Waals surface area contributed by atoms with E-state index in [-0.39, 0.29) is 12.5 Å². The van der Waals surface area contributed by atoms with Crippen molar-refractivity contribution in [1.29, 1.82) is 0 Å². The van der Waals surface area contributed by atoms with Crippen molar-refractivity contribution >= 4 is 18.8 Å². The molecule has 4 nitrogen and oxygen atoms in total. The molecular weight excluding hydrogens is 410 g/mol. The third-order valence-corrected chi connectivity index (χ3v) is 4.51. The van der Waals surface area contributed by atoms with Gasteiger partial charge in [-0.15, -0.1) is 13.2 Å². The van der Waals surface area contributed by atoms with Crippen molar-refractivity contribution in [3.63, 3.8) is 0 Å². The van der Waals surface area contributed by atoms with E-state index < -0.39 is 0 Å². The number of aliphatic hydroxyl groups excluding tert-OH is 1. The lowest BCUT2D eigenvalue weighted by atomic mass is 9.96. The monoisotopic (exact) mass is 453 g/mol. The zero-order chi connectivity index (χ0) is 26.0. The first-order chi connectivity index (χ1) is 15.7. The van der Waals surface area contributed by atoms with Crippen molar-refractivity contribution in [2.45, 2.75) is 53.5 Å². The van der Waals surface area contributed by atoms with E-state index in [1.54, 1.807) is 11.0 Å². The highest BCUT2D eigenvalue weighted by Crippen LogP contribution is 2.21. The summed E-state index contributed by atoms with van der Waals surface area (Å²) in [5.41, 5.74) is 4.87. The summed E-state index contributed by atoms with van der Waals surface area (Å²) >= 11 is 0. The van der Waals surface area contributed by atoms with Gasteiger partial charge in [-0.25, -0.2) is 0 Å². The van der Waals surface area contributed by atoms with Gasteiger partial charge >= 0.3 is 0 Å². The Morgan fingerprint density at radius 1 is 1.06 bits per heavy atom. The normalized spacial score (nSPS) is 10.3. The number of benzene rings is 2. The maximum absolute atomic E-state index is 12.8. The Balaban J connectivity index is 0. The molecule has 0 aromatic heterocycles. The molecule has 33 heavy (non-hydrogen) atoms. The zero-order valence-electron chi connectivity index (χ0n) is 21.4. The van der Waals surface area contributed by atoms with Gasteiger partial charge in [0.1, 0.15) is 6.79 Å². The van der Waals surface area contributed by atoms with Gasteiger partial charge in [0.15, 0.2) is 0 Å².